The van der Waals surface area contributed by atoms with Gasteiger partial charge in [0, 0.05) is 24.8 Å². The highest BCUT2D eigenvalue weighted by Gasteiger charge is 2.08. The van der Waals surface area contributed by atoms with Crippen molar-refractivity contribution in [3.63, 3.8) is 0 Å². The molecule has 0 aliphatic rings. The van der Waals surface area contributed by atoms with Gasteiger partial charge in [0.05, 0.1) is 10.7 Å². The van der Waals surface area contributed by atoms with Crippen LogP contribution >= 0.6 is 11.6 Å². The Morgan fingerprint density at radius 3 is 2.71 bits per heavy atom. The first-order chi connectivity index (χ1) is 9.97. The number of benzene rings is 1. The summed E-state index contributed by atoms with van der Waals surface area (Å²) < 4.78 is 1.81. The van der Waals surface area contributed by atoms with Crippen LogP contribution < -0.4 is 5.32 Å². The minimum absolute atomic E-state index is 0.0258. The van der Waals surface area contributed by atoms with E-state index in [1.807, 2.05) is 45.2 Å². The second-order valence-corrected chi connectivity index (χ2v) is 5.66. The number of hydrogen-bond acceptors (Lipinski definition) is 2. The van der Waals surface area contributed by atoms with Crippen molar-refractivity contribution < 1.29 is 4.79 Å². The highest BCUT2D eigenvalue weighted by atomic mass is 35.5. The van der Waals surface area contributed by atoms with Gasteiger partial charge in [0.15, 0.2) is 0 Å². The molecule has 0 atom stereocenters. The van der Waals surface area contributed by atoms with E-state index in [4.69, 9.17) is 11.6 Å². The van der Waals surface area contributed by atoms with Crippen molar-refractivity contribution in [2.45, 2.75) is 33.7 Å². The van der Waals surface area contributed by atoms with E-state index in [-0.39, 0.29) is 5.91 Å². The van der Waals surface area contributed by atoms with Gasteiger partial charge in [-0.25, -0.2) is 0 Å². The lowest BCUT2D eigenvalue weighted by molar-refractivity contribution is 0.0952. The Morgan fingerprint density at radius 2 is 2.10 bits per heavy atom. The van der Waals surface area contributed by atoms with Crippen LogP contribution in [0.2, 0.25) is 5.02 Å². The molecule has 1 heterocycles. The molecule has 1 amide bonds. The Kier molecular flexibility index (Phi) is 5.02. The molecule has 21 heavy (non-hydrogen) atoms. The number of aromatic nitrogens is 2. The number of rotatable bonds is 5. The van der Waals surface area contributed by atoms with Crippen LogP contribution in [0.25, 0.3) is 0 Å². The third-order valence-corrected chi connectivity index (χ3v) is 3.73. The van der Waals surface area contributed by atoms with Crippen LogP contribution in [0, 0.1) is 20.8 Å². The molecule has 0 spiro atoms. The molecule has 0 saturated heterocycles. The topological polar surface area (TPSA) is 46.9 Å². The van der Waals surface area contributed by atoms with Gasteiger partial charge in [0.2, 0.25) is 0 Å². The maximum Gasteiger partial charge on any atom is 0.251 e. The molecule has 0 aliphatic heterocycles. The number of carbonyl (C=O) groups excluding carboxylic acids is 1. The zero-order chi connectivity index (χ0) is 15.4. The highest BCUT2D eigenvalue weighted by Crippen LogP contribution is 2.12. The van der Waals surface area contributed by atoms with Gasteiger partial charge in [-0.15, -0.1) is 0 Å². The Morgan fingerprint density at radius 1 is 1.33 bits per heavy atom. The summed E-state index contributed by atoms with van der Waals surface area (Å²) >= 11 is 5.95. The smallest absolute Gasteiger partial charge is 0.251 e. The largest absolute Gasteiger partial charge is 0.352 e. The highest BCUT2D eigenvalue weighted by molar-refractivity contribution is 6.31. The molecule has 4 nitrogen and oxygen atoms in total. The van der Waals surface area contributed by atoms with Gasteiger partial charge < -0.3 is 5.32 Å². The van der Waals surface area contributed by atoms with E-state index >= 15 is 0 Å². The van der Waals surface area contributed by atoms with Crippen LogP contribution in [0.3, 0.4) is 0 Å². The third-order valence-electron chi connectivity index (χ3n) is 3.36. The number of halogens is 1. The maximum atomic E-state index is 12.1. The van der Waals surface area contributed by atoms with Crippen LogP contribution in [0.1, 0.15) is 33.6 Å². The van der Waals surface area contributed by atoms with Crippen molar-refractivity contribution in [1.82, 2.24) is 15.1 Å². The normalized spacial score (nSPS) is 10.7. The van der Waals surface area contributed by atoms with Gasteiger partial charge in [-0.3, -0.25) is 9.48 Å². The molecule has 0 fully saturated rings. The molecule has 0 unspecified atom stereocenters. The number of nitrogens with one attached hydrogen (secondary N) is 1. The number of carbonyl (C=O) groups is 1. The molecule has 1 aromatic heterocycles. The van der Waals surface area contributed by atoms with Crippen LogP contribution in [0.5, 0.6) is 0 Å². The molecule has 112 valence electrons. The minimum Gasteiger partial charge on any atom is -0.352 e. The predicted molar refractivity (Wildman–Crippen MR) is 84.8 cm³/mol. The molecule has 0 bridgehead atoms. The lowest BCUT2D eigenvalue weighted by Gasteiger charge is -2.08. The summed E-state index contributed by atoms with van der Waals surface area (Å²) in [5, 5.41) is 7.89. The molecule has 0 aliphatic carbocycles. The summed E-state index contributed by atoms with van der Waals surface area (Å²) in [6, 6.07) is 5.84. The predicted octanol–water partition coefficient (Wildman–Crippen LogP) is 3.28. The van der Waals surface area contributed by atoms with Gasteiger partial charge in [-0.1, -0.05) is 29.3 Å². The Balaban J connectivity index is 1.81. The Hall–Kier alpha value is -1.81. The molecule has 2 rings (SSSR count). The molecule has 5 heteroatoms. The van der Waals surface area contributed by atoms with E-state index in [1.54, 1.807) is 4.68 Å². The van der Waals surface area contributed by atoms with Crippen LogP contribution in [-0.4, -0.2) is 22.2 Å². The van der Waals surface area contributed by atoms with Gasteiger partial charge in [0.25, 0.3) is 5.91 Å². The van der Waals surface area contributed by atoms with Gasteiger partial charge in [0.1, 0.15) is 0 Å². The molecular formula is C16H20ClN3O. The van der Waals surface area contributed by atoms with E-state index < -0.39 is 0 Å². The van der Waals surface area contributed by atoms with E-state index in [0.29, 0.717) is 11.6 Å². The lowest BCUT2D eigenvalue weighted by atomic mass is 10.1. The average molecular weight is 306 g/mol. The zero-order valence-corrected chi connectivity index (χ0v) is 13.4. The van der Waals surface area contributed by atoms with Crippen molar-refractivity contribution in [1.29, 1.82) is 0 Å². The quantitative estimate of drug-likeness (QED) is 0.862. The fourth-order valence-electron chi connectivity index (χ4n) is 2.21. The summed E-state index contributed by atoms with van der Waals surface area (Å²) in [6.07, 6.45) is 2.62. The molecular weight excluding hydrogens is 286 g/mol. The molecule has 1 aromatic carbocycles. The van der Waals surface area contributed by atoms with Crippen molar-refractivity contribution >= 4 is 17.5 Å². The Bertz CT molecular complexity index is 629. The summed E-state index contributed by atoms with van der Waals surface area (Å²) in [5.41, 5.74) is 3.73. The second kappa shape index (κ2) is 6.76. The molecule has 2 aromatic rings. The van der Waals surface area contributed by atoms with Crippen molar-refractivity contribution in [3.8, 4) is 0 Å². The number of amides is 1. The fourth-order valence-corrected chi connectivity index (χ4v) is 2.37. The molecule has 1 N–H and O–H groups in total. The Labute approximate surface area is 130 Å². The van der Waals surface area contributed by atoms with Crippen molar-refractivity contribution in [2.24, 2.45) is 0 Å². The van der Waals surface area contributed by atoms with Gasteiger partial charge in [-0.05, 0) is 38.8 Å². The van der Waals surface area contributed by atoms with Crippen molar-refractivity contribution in [2.75, 3.05) is 6.54 Å². The monoisotopic (exact) mass is 305 g/mol. The standard InChI is InChI=1S/C16H20ClN3O/c1-11-5-6-14(12(2)9-11)16(21)18-7-4-8-20-10-15(17)13(3)19-20/h5-6,9-10H,4,7-8H2,1-3H3,(H,18,21). The number of nitrogens with zero attached hydrogens (tertiary/aromatic N) is 2. The minimum atomic E-state index is -0.0258. The van der Waals surface area contributed by atoms with E-state index in [2.05, 4.69) is 10.4 Å². The van der Waals surface area contributed by atoms with Gasteiger partial charge >= 0.3 is 0 Å². The van der Waals surface area contributed by atoms with Crippen LogP contribution in [-0.2, 0) is 6.54 Å². The SMILES string of the molecule is Cc1ccc(C(=O)NCCCn2cc(Cl)c(C)n2)c(C)c1. The maximum absolute atomic E-state index is 12.1. The molecule has 0 saturated carbocycles. The number of hydrogen-bond donors (Lipinski definition) is 1. The second-order valence-electron chi connectivity index (χ2n) is 5.25. The van der Waals surface area contributed by atoms with E-state index in [1.165, 1.54) is 0 Å². The van der Waals surface area contributed by atoms with Gasteiger partial charge in [-0.2, -0.15) is 5.10 Å². The van der Waals surface area contributed by atoms with E-state index in [9.17, 15) is 4.79 Å². The molecule has 0 radical (unpaired) electrons. The van der Waals surface area contributed by atoms with E-state index in [0.717, 1.165) is 35.3 Å². The average Bonchev–Trinajstić information content (AvgIpc) is 2.73. The fraction of sp³-hybridized carbons (Fsp3) is 0.375. The number of aryl methyl sites for hydroxylation is 4. The first-order valence-electron chi connectivity index (χ1n) is 7.02. The lowest BCUT2D eigenvalue weighted by Crippen LogP contribution is -2.26. The first-order valence-corrected chi connectivity index (χ1v) is 7.40. The van der Waals surface area contributed by atoms with Crippen LogP contribution in [0.15, 0.2) is 24.4 Å². The van der Waals surface area contributed by atoms with Crippen molar-refractivity contribution in [3.05, 3.63) is 51.8 Å². The van der Waals surface area contributed by atoms with Crippen LogP contribution in [0.4, 0.5) is 0 Å². The zero-order valence-electron chi connectivity index (χ0n) is 12.6. The summed E-state index contributed by atoms with van der Waals surface area (Å²) in [6.45, 7) is 7.20. The summed E-state index contributed by atoms with van der Waals surface area (Å²) in [5.74, 6) is -0.0258. The first kappa shape index (κ1) is 15.6. The summed E-state index contributed by atoms with van der Waals surface area (Å²) in [7, 11) is 0. The third kappa shape index (κ3) is 4.08. The summed E-state index contributed by atoms with van der Waals surface area (Å²) in [4.78, 5) is 12.1.